The fraction of sp³-hybridized carbons (Fsp3) is 0.182. The maximum Gasteiger partial charge on any atom is 0.0669 e. The van der Waals surface area contributed by atoms with Gasteiger partial charge in [-0.2, -0.15) is 5.26 Å². The summed E-state index contributed by atoms with van der Waals surface area (Å²) < 4.78 is 0. The van der Waals surface area contributed by atoms with Crippen LogP contribution in [0.5, 0.6) is 0 Å². The molecule has 0 radical (unpaired) electrons. The van der Waals surface area contributed by atoms with Crippen LogP contribution in [0.3, 0.4) is 0 Å². The fourth-order valence-electron chi connectivity index (χ4n) is 0.942. The van der Waals surface area contributed by atoms with E-state index in [1.165, 1.54) is 0 Å². The van der Waals surface area contributed by atoms with Crippen LogP contribution in [0.4, 0.5) is 0 Å². The van der Waals surface area contributed by atoms with Crippen molar-refractivity contribution in [2.45, 2.75) is 13.3 Å². The number of benzene rings is 1. The van der Waals surface area contributed by atoms with Gasteiger partial charge in [-0.25, -0.2) is 0 Å². The Kier molecular flexibility index (Phi) is 2.94. The molecule has 1 aromatic rings. The largest absolute Gasteiger partial charge is 0.198 e. The lowest BCUT2D eigenvalue weighted by molar-refractivity contribution is 1.26. The van der Waals surface area contributed by atoms with Crippen molar-refractivity contribution in [2.75, 3.05) is 0 Å². The number of hydrogen-bond donors (Lipinski definition) is 0. The van der Waals surface area contributed by atoms with Crippen molar-refractivity contribution in [3.05, 3.63) is 35.4 Å². The molecule has 0 aliphatic carbocycles. The minimum absolute atomic E-state index is 0.472. The van der Waals surface area contributed by atoms with Gasteiger partial charge in [0.25, 0.3) is 0 Å². The molecule has 0 saturated carbocycles. The molecule has 0 unspecified atom stereocenters. The minimum Gasteiger partial charge on any atom is -0.198 e. The van der Waals surface area contributed by atoms with E-state index in [1.54, 1.807) is 0 Å². The third kappa shape index (κ3) is 2.15. The highest BCUT2D eigenvalue weighted by Gasteiger charge is 1.90. The number of nitrogens with zero attached hydrogens (tertiary/aromatic N) is 1. The Balaban J connectivity index is 2.84. The van der Waals surface area contributed by atoms with Crippen molar-refractivity contribution < 1.29 is 0 Å². The number of hydrogen-bond acceptors (Lipinski definition) is 1. The third-order valence-electron chi connectivity index (χ3n) is 1.51. The first kappa shape index (κ1) is 8.37. The Hall–Kier alpha value is -1.73. The van der Waals surface area contributed by atoms with Crippen LogP contribution in [0.25, 0.3) is 0 Å². The van der Waals surface area contributed by atoms with E-state index in [0.29, 0.717) is 6.42 Å². The van der Waals surface area contributed by atoms with Crippen molar-refractivity contribution >= 4 is 0 Å². The van der Waals surface area contributed by atoms with Crippen LogP contribution in [0.1, 0.15) is 18.1 Å². The summed E-state index contributed by atoms with van der Waals surface area (Å²) in [6, 6.07) is 9.83. The molecule has 0 spiro atoms. The Bertz CT molecular complexity index is 343. The van der Waals surface area contributed by atoms with Crippen LogP contribution in [0.2, 0.25) is 0 Å². The Labute approximate surface area is 72.6 Å². The van der Waals surface area contributed by atoms with Gasteiger partial charge in [-0.1, -0.05) is 18.1 Å². The van der Waals surface area contributed by atoms with Gasteiger partial charge in [0.2, 0.25) is 0 Å². The summed E-state index contributed by atoms with van der Waals surface area (Å²) >= 11 is 0. The molecule has 0 amide bonds. The van der Waals surface area contributed by atoms with E-state index < -0.39 is 0 Å². The van der Waals surface area contributed by atoms with E-state index in [-0.39, 0.29) is 0 Å². The van der Waals surface area contributed by atoms with E-state index in [4.69, 9.17) is 5.26 Å². The van der Waals surface area contributed by atoms with Gasteiger partial charge in [-0.15, -0.1) is 5.92 Å². The Morgan fingerprint density at radius 1 is 1.25 bits per heavy atom. The van der Waals surface area contributed by atoms with Crippen LogP contribution in [0.15, 0.2) is 24.3 Å². The Morgan fingerprint density at radius 3 is 2.42 bits per heavy atom. The predicted octanol–water partition coefficient (Wildman–Crippen LogP) is 2.12. The maximum absolute atomic E-state index is 8.41. The molecule has 0 heterocycles. The highest BCUT2D eigenvalue weighted by atomic mass is 14.2. The average molecular weight is 155 g/mol. The number of nitriles is 1. The van der Waals surface area contributed by atoms with Crippen LogP contribution in [-0.2, 0) is 6.42 Å². The van der Waals surface area contributed by atoms with Crippen molar-refractivity contribution in [1.82, 2.24) is 0 Å². The van der Waals surface area contributed by atoms with Gasteiger partial charge in [0.05, 0.1) is 12.5 Å². The van der Waals surface area contributed by atoms with E-state index >= 15 is 0 Å². The van der Waals surface area contributed by atoms with Gasteiger partial charge < -0.3 is 0 Å². The average Bonchev–Trinajstić information content (AvgIpc) is 2.09. The molecule has 0 saturated heterocycles. The summed E-state index contributed by atoms with van der Waals surface area (Å²) in [5.74, 6) is 5.76. The summed E-state index contributed by atoms with van der Waals surface area (Å²) in [6.07, 6.45) is 0.472. The molecular weight excluding hydrogens is 146 g/mol. The molecule has 12 heavy (non-hydrogen) atoms. The highest BCUT2D eigenvalue weighted by Crippen LogP contribution is 2.03. The second-order valence-electron chi connectivity index (χ2n) is 2.41. The van der Waals surface area contributed by atoms with E-state index in [1.807, 2.05) is 31.2 Å². The SMILES string of the molecule is CC#Cc1ccc(CC#N)cc1. The molecule has 0 atom stereocenters. The zero-order valence-corrected chi connectivity index (χ0v) is 6.96. The second-order valence-corrected chi connectivity index (χ2v) is 2.41. The summed E-state index contributed by atoms with van der Waals surface area (Å²) in [5.41, 5.74) is 2.04. The van der Waals surface area contributed by atoms with Crippen molar-refractivity contribution in [3.63, 3.8) is 0 Å². The van der Waals surface area contributed by atoms with E-state index in [2.05, 4.69) is 17.9 Å². The van der Waals surface area contributed by atoms with Crippen LogP contribution in [-0.4, -0.2) is 0 Å². The smallest absolute Gasteiger partial charge is 0.0669 e. The topological polar surface area (TPSA) is 23.8 Å². The molecule has 1 aromatic carbocycles. The summed E-state index contributed by atoms with van der Waals surface area (Å²) in [4.78, 5) is 0. The molecule has 1 nitrogen and oxygen atoms in total. The standard InChI is InChI=1S/C11H9N/c1-2-3-10-4-6-11(7-5-10)8-9-12/h4-7H,8H2,1H3. The quantitative estimate of drug-likeness (QED) is 0.570. The second kappa shape index (κ2) is 4.21. The third-order valence-corrected chi connectivity index (χ3v) is 1.51. The minimum atomic E-state index is 0.472. The summed E-state index contributed by atoms with van der Waals surface area (Å²) in [6.45, 7) is 1.81. The van der Waals surface area contributed by atoms with E-state index in [9.17, 15) is 0 Å². The van der Waals surface area contributed by atoms with Crippen LogP contribution < -0.4 is 0 Å². The van der Waals surface area contributed by atoms with E-state index in [0.717, 1.165) is 11.1 Å². The molecule has 0 N–H and O–H groups in total. The monoisotopic (exact) mass is 155 g/mol. The molecule has 0 fully saturated rings. The van der Waals surface area contributed by atoms with Gasteiger partial charge in [-0.3, -0.25) is 0 Å². The van der Waals surface area contributed by atoms with Crippen molar-refractivity contribution in [3.8, 4) is 17.9 Å². The summed E-state index contributed by atoms with van der Waals surface area (Å²) in [7, 11) is 0. The molecule has 0 aliphatic heterocycles. The first-order valence-electron chi connectivity index (χ1n) is 3.75. The molecule has 0 aromatic heterocycles. The lowest BCUT2D eigenvalue weighted by Crippen LogP contribution is -1.81. The van der Waals surface area contributed by atoms with Crippen molar-refractivity contribution in [1.29, 1.82) is 5.26 Å². The van der Waals surface area contributed by atoms with Gasteiger partial charge in [0.1, 0.15) is 0 Å². The van der Waals surface area contributed by atoms with Crippen LogP contribution in [0, 0.1) is 23.2 Å². The predicted molar refractivity (Wildman–Crippen MR) is 48.3 cm³/mol. The number of rotatable bonds is 1. The van der Waals surface area contributed by atoms with Gasteiger partial charge in [0.15, 0.2) is 0 Å². The first-order valence-corrected chi connectivity index (χ1v) is 3.75. The fourth-order valence-corrected chi connectivity index (χ4v) is 0.942. The molecule has 58 valence electrons. The lowest BCUT2D eigenvalue weighted by Gasteiger charge is -1.93. The first-order chi connectivity index (χ1) is 5.86. The molecule has 0 bridgehead atoms. The normalized spacial score (nSPS) is 8.00. The molecule has 1 heteroatoms. The van der Waals surface area contributed by atoms with Crippen LogP contribution >= 0.6 is 0 Å². The Morgan fingerprint density at radius 2 is 1.92 bits per heavy atom. The molecule has 0 aliphatic rings. The van der Waals surface area contributed by atoms with Gasteiger partial charge in [-0.05, 0) is 24.6 Å². The van der Waals surface area contributed by atoms with Gasteiger partial charge >= 0.3 is 0 Å². The summed E-state index contributed by atoms with van der Waals surface area (Å²) in [5, 5.41) is 8.41. The zero-order chi connectivity index (χ0) is 8.81. The highest BCUT2D eigenvalue weighted by molar-refractivity contribution is 5.36. The van der Waals surface area contributed by atoms with Crippen molar-refractivity contribution in [2.24, 2.45) is 0 Å². The lowest BCUT2D eigenvalue weighted by atomic mass is 10.1. The molecule has 1 rings (SSSR count). The van der Waals surface area contributed by atoms with Gasteiger partial charge in [0, 0.05) is 5.56 Å². The molecular formula is C11H9N. The maximum atomic E-state index is 8.41. The zero-order valence-electron chi connectivity index (χ0n) is 6.96.